The number of ether oxygens (including phenoxy) is 2. The number of hydrogen-bond donors (Lipinski definition) is 2. The molecule has 112 valence electrons. The lowest BCUT2D eigenvalue weighted by atomic mass is 9.95. The summed E-state index contributed by atoms with van der Waals surface area (Å²) in [5.41, 5.74) is 0.505. The fourth-order valence-electron chi connectivity index (χ4n) is 1.78. The van der Waals surface area contributed by atoms with Crippen LogP contribution in [0.15, 0.2) is 12.1 Å². The van der Waals surface area contributed by atoms with Gasteiger partial charge >= 0.3 is 0 Å². The van der Waals surface area contributed by atoms with E-state index >= 15 is 0 Å². The van der Waals surface area contributed by atoms with E-state index in [0.29, 0.717) is 22.7 Å². The summed E-state index contributed by atoms with van der Waals surface area (Å²) in [4.78, 5) is 12.1. The predicted octanol–water partition coefficient (Wildman–Crippen LogP) is 2.74. The van der Waals surface area contributed by atoms with E-state index < -0.39 is 11.5 Å². The number of rotatable bonds is 4. The Bertz CT molecular complexity index is 489. The Morgan fingerprint density at radius 3 is 2.25 bits per heavy atom. The Morgan fingerprint density at radius 2 is 1.85 bits per heavy atom. The van der Waals surface area contributed by atoms with Crippen molar-refractivity contribution in [3.63, 3.8) is 0 Å². The smallest absolute Gasteiger partial charge is 0.229 e. The van der Waals surface area contributed by atoms with Crippen molar-refractivity contribution in [1.82, 2.24) is 0 Å². The molecule has 1 unspecified atom stereocenters. The number of amides is 1. The van der Waals surface area contributed by atoms with Gasteiger partial charge < -0.3 is 19.9 Å². The standard InChI is InChI=1S/C15H23NO4/c1-9(17)12-10(16-14(18)15(2,3)4)7-8-11(19-5)13(12)20-6/h7-9,17H,1-6H3,(H,16,18). The van der Waals surface area contributed by atoms with Crippen molar-refractivity contribution < 1.29 is 19.4 Å². The van der Waals surface area contributed by atoms with Crippen LogP contribution in [-0.2, 0) is 4.79 Å². The van der Waals surface area contributed by atoms with E-state index in [9.17, 15) is 9.90 Å². The molecule has 0 saturated heterocycles. The molecule has 0 aliphatic rings. The molecule has 1 aromatic carbocycles. The van der Waals surface area contributed by atoms with Gasteiger partial charge in [0, 0.05) is 11.0 Å². The first-order chi connectivity index (χ1) is 9.22. The number of carbonyl (C=O) groups excluding carboxylic acids is 1. The van der Waals surface area contributed by atoms with Crippen LogP contribution in [0.2, 0.25) is 0 Å². The van der Waals surface area contributed by atoms with Gasteiger partial charge in [0.2, 0.25) is 5.91 Å². The first kappa shape index (κ1) is 16.3. The number of nitrogens with one attached hydrogen (secondary N) is 1. The van der Waals surface area contributed by atoms with E-state index in [1.165, 1.54) is 14.2 Å². The highest BCUT2D eigenvalue weighted by molar-refractivity contribution is 5.95. The van der Waals surface area contributed by atoms with Crippen LogP contribution in [0.1, 0.15) is 39.4 Å². The molecule has 1 atom stereocenters. The van der Waals surface area contributed by atoms with Crippen molar-refractivity contribution in [1.29, 1.82) is 0 Å². The molecule has 1 aromatic rings. The minimum absolute atomic E-state index is 0.133. The molecule has 0 radical (unpaired) electrons. The molecule has 5 heteroatoms. The molecule has 1 amide bonds. The average Bonchev–Trinajstić information content (AvgIpc) is 2.36. The molecule has 0 bridgehead atoms. The topological polar surface area (TPSA) is 67.8 Å². The van der Waals surface area contributed by atoms with Crippen molar-refractivity contribution in [2.24, 2.45) is 5.41 Å². The van der Waals surface area contributed by atoms with Crippen LogP contribution in [0.25, 0.3) is 0 Å². The van der Waals surface area contributed by atoms with Crippen LogP contribution in [-0.4, -0.2) is 25.2 Å². The molecular formula is C15H23NO4. The van der Waals surface area contributed by atoms with Crippen molar-refractivity contribution in [2.75, 3.05) is 19.5 Å². The predicted molar refractivity (Wildman–Crippen MR) is 78.3 cm³/mol. The zero-order valence-corrected chi connectivity index (χ0v) is 12.9. The Morgan fingerprint density at radius 1 is 1.25 bits per heavy atom. The normalized spacial score (nSPS) is 12.8. The van der Waals surface area contributed by atoms with E-state index in [1.807, 2.05) is 20.8 Å². The Labute approximate surface area is 119 Å². The van der Waals surface area contributed by atoms with Crippen LogP contribution >= 0.6 is 0 Å². The molecule has 0 aromatic heterocycles. The molecule has 1 rings (SSSR count). The zero-order chi connectivity index (χ0) is 15.5. The van der Waals surface area contributed by atoms with Crippen LogP contribution in [0.5, 0.6) is 11.5 Å². The molecule has 0 aliphatic carbocycles. The number of aliphatic hydroxyl groups excluding tert-OH is 1. The maximum Gasteiger partial charge on any atom is 0.229 e. The highest BCUT2D eigenvalue weighted by atomic mass is 16.5. The lowest BCUT2D eigenvalue weighted by Gasteiger charge is -2.22. The highest BCUT2D eigenvalue weighted by Gasteiger charge is 2.25. The van der Waals surface area contributed by atoms with E-state index in [0.717, 1.165) is 0 Å². The van der Waals surface area contributed by atoms with Gasteiger partial charge in [0.05, 0.1) is 26.0 Å². The fraction of sp³-hybridized carbons (Fsp3) is 0.533. The van der Waals surface area contributed by atoms with Crippen molar-refractivity contribution >= 4 is 11.6 Å². The van der Waals surface area contributed by atoms with E-state index in [1.54, 1.807) is 19.1 Å². The quantitative estimate of drug-likeness (QED) is 0.890. The molecule has 0 fully saturated rings. The molecule has 20 heavy (non-hydrogen) atoms. The monoisotopic (exact) mass is 281 g/mol. The van der Waals surface area contributed by atoms with E-state index in [4.69, 9.17) is 9.47 Å². The zero-order valence-electron chi connectivity index (χ0n) is 12.9. The summed E-state index contributed by atoms with van der Waals surface area (Å²) in [6, 6.07) is 3.40. The maximum absolute atomic E-state index is 12.1. The molecule has 5 nitrogen and oxygen atoms in total. The van der Waals surface area contributed by atoms with Crippen LogP contribution in [0, 0.1) is 5.41 Å². The fourth-order valence-corrected chi connectivity index (χ4v) is 1.78. The number of hydrogen-bond acceptors (Lipinski definition) is 4. The summed E-state index contributed by atoms with van der Waals surface area (Å²) in [6.45, 7) is 7.09. The second-order valence-corrected chi connectivity index (χ2v) is 5.64. The third-order valence-corrected chi connectivity index (χ3v) is 2.93. The highest BCUT2D eigenvalue weighted by Crippen LogP contribution is 2.40. The van der Waals surface area contributed by atoms with Gasteiger partial charge in [-0.25, -0.2) is 0 Å². The number of benzene rings is 1. The summed E-state index contributed by atoms with van der Waals surface area (Å²) in [5.74, 6) is 0.804. The van der Waals surface area contributed by atoms with Gasteiger partial charge in [0.1, 0.15) is 0 Å². The number of methoxy groups -OCH3 is 2. The van der Waals surface area contributed by atoms with Crippen molar-refractivity contribution in [2.45, 2.75) is 33.8 Å². The van der Waals surface area contributed by atoms with Crippen LogP contribution < -0.4 is 14.8 Å². The molecule has 0 spiro atoms. The summed E-state index contributed by atoms with van der Waals surface area (Å²) < 4.78 is 10.5. The number of aliphatic hydroxyl groups is 1. The van der Waals surface area contributed by atoms with Crippen molar-refractivity contribution in [3.05, 3.63) is 17.7 Å². The van der Waals surface area contributed by atoms with Gasteiger partial charge in [-0.3, -0.25) is 4.79 Å². The summed E-state index contributed by atoms with van der Waals surface area (Å²) in [5, 5.41) is 12.8. The van der Waals surface area contributed by atoms with Crippen molar-refractivity contribution in [3.8, 4) is 11.5 Å². The Kier molecular flexibility index (Phi) is 5.00. The number of carbonyl (C=O) groups is 1. The first-order valence-electron chi connectivity index (χ1n) is 6.46. The molecule has 2 N–H and O–H groups in total. The molecule has 0 aliphatic heterocycles. The van der Waals surface area contributed by atoms with Crippen LogP contribution in [0.3, 0.4) is 0 Å². The minimum Gasteiger partial charge on any atom is -0.493 e. The van der Waals surface area contributed by atoms with Gasteiger partial charge in [-0.2, -0.15) is 0 Å². The second kappa shape index (κ2) is 6.13. The van der Waals surface area contributed by atoms with Crippen LogP contribution in [0.4, 0.5) is 5.69 Å². The molecular weight excluding hydrogens is 258 g/mol. The van der Waals surface area contributed by atoms with Gasteiger partial charge in [0.25, 0.3) is 0 Å². The Balaban J connectivity index is 3.30. The second-order valence-electron chi connectivity index (χ2n) is 5.64. The first-order valence-corrected chi connectivity index (χ1v) is 6.46. The summed E-state index contributed by atoms with van der Waals surface area (Å²) in [7, 11) is 3.02. The summed E-state index contributed by atoms with van der Waals surface area (Å²) in [6.07, 6.45) is -0.796. The maximum atomic E-state index is 12.1. The van der Waals surface area contributed by atoms with E-state index in [-0.39, 0.29) is 5.91 Å². The van der Waals surface area contributed by atoms with E-state index in [2.05, 4.69) is 5.32 Å². The van der Waals surface area contributed by atoms with Gasteiger partial charge in [-0.15, -0.1) is 0 Å². The number of anilines is 1. The molecule has 0 saturated carbocycles. The third kappa shape index (κ3) is 3.42. The van der Waals surface area contributed by atoms with Gasteiger partial charge in [-0.05, 0) is 19.1 Å². The lowest BCUT2D eigenvalue weighted by molar-refractivity contribution is -0.123. The lowest BCUT2D eigenvalue weighted by Crippen LogP contribution is -2.28. The SMILES string of the molecule is COc1ccc(NC(=O)C(C)(C)C)c(C(C)O)c1OC. The van der Waals surface area contributed by atoms with Gasteiger partial charge in [0.15, 0.2) is 11.5 Å². The third-order valence-electron chi connectivity index (χ3n) is 2.93. The average molecular weight is 281 g/mol. The molecule has 0 heterocycles. The van der Waals surface area contributed by atoms with Gasteiger partial charge in [-0.1, -0.05) is 20.8 Å². The Hall–Kier alpha value is -1.75. The largest absolute Gasteiger partial charge is 0.493 e. The minimum atomic E-state index is -0.796. The summed E-state index contributed by atoms with van der Waals surface area (Å²) >= 11 is 0.